The minimum absolute atomic E-state index is 0.0240. The van der Waals surface area contributed by atoms with Crippen LogP contribution in [-0.2, 0) is 14.8 Å². The number of hydrogen-bond acceptors (Lipinski definition) is 4. The SMILES string of the molecule is O=S(=O)(c1cccc(C#CCO)c1)N1CC2CCC(C1)O2. The molecular formula is C15H17NO4S. The van der Waals surface area contributed by atoms with Crippen molar-refractivity contribution >= 4 is 10.0 Å². The van der Waals surface area contributed by atoms with Crippen molar-refractivity contribution in [3.05, 3.63) is 29.8 Å². The Bertz CT molecular complexity index is 677. The average Bonchev–Trinajstić information content (AvgIpc) is 2.83. The fourth-order valence-electron chi connectivity index (χ4n) is 2.80. The molecule has 112 valence electrons. The van der Waals surface area contributed by atoms with E-state index < -0.39 is 10.0 Å². The Kier molecular flexibility index (Phi) is 4.00. The third-order valence-electron chi connectivity index (χ3n) is 3.79. The molecule has 21 heavy (non-hydrogen) atoms. The number of rotatable bonds is 2. The van der Waals surface area contributed by atoms with Gasteiger partial charge >= 0.3 is 0 Å². The van der Waals surface area contributed by atoms with Crippen LogP contribution < -0.4 is 0 Å². The zero-order valence-corrected chi connectivity index (χ0v) is 12.3. The quantitative estimate of drug-likeness (QED) is 0.812. The smallest absolute Gasteiger partial charge is 0.243 e. The first-order valence-electron chi connectivity index (χ1n) is 6.95. The molecule has 2 fully saturated rings. The molecule has 2 atom stereocenters. The number of morpholine rings is 1. The zero-order valence-electron chi connectivity index (χ0n) is 11.5. The van der Waals surface area contributed by atoms with Gasteiger partial charge in [-0.1, -0.05) is 17.9 Å². The highest BCUT2D eigenvalue weighted by Gasteiger charge is 2.39. The summed E-state index contributed by atoms with van der Waals surface area (Å²) in [5, 5.41) is 8.71. The molecule has 0 spiro atoms. The summed E-state index contributed by atoms with van der Waals surface area (Å²) in [5.41, 5.74) is 0.585. The molecule has 1 N–H and O–H groups in total. The van der Waals surface area contributed by atoms with Gasteiger partial charge in [0.1, 0.15) is 6.61 Å². The van der Waals surface area contributed by atoms with Gasteiger partial charge < -0.3 is 9.84 Å². The number of ether oxygens (including phenoxy) is 1. The van der Waals surface area contributed by atoms with E-state index in [1.807, 2.05) is 0 Å². The molecule has 0 radical (unpaired) electrons. The fourth-order valence-corrected chi connectivity index (χ4v) is 4.35. The van der Waals surface area contributed by atoms with Gasteiger partial charge in [0.05, 0.1) is 17.1 Å². The standard InChI is InChI=1S/C15H17NO4S/c17-8-2-4-12-3-1-5-15(9-12)21(18,19)16-10-13-6-7-14(11-16)20-13/h1,3,5,9,13-14,17H,6-8,10-11H2. The van der Waals surface area contributed by atoms with Crippen molar-refractivity contribution in [1.82, 2.24) is 4.31 Å². The lowest BCUT2D eigenvalue weighted by molar-refractivity contribution is -0.0114. The molecule has 1 aromatic carbocycles. The molecule has 2 bridgehead atoms. The van der Waals surface area contributed by atoms with E-state index in [4.69, 9.17) is 9.84 Å². The summed E-state index contributed by atoms with van der Waals surface area (Å²) in [4.78, 5) is 0.244. The van der Waals surface area contributed by atoms with Crippen molar-refractivity contribution in [2.45, 2.75) is 29.9 Å². The van der Waals surface area contributed by atoms with E-state index in [0.29, 0.717) is 18.7 Å². The molecule has 3 rings (SSSR count). The van der Waals surface area contributed by atoms with E-state index in [9.17, 15) is 8.42 Å². The molecule has 1 aromatic rings. The monoisotopic (exact) mass is 307 g/mol. The summed E-state index contributed by atoms with van der Waals surface area (Å²) < 4.78 is 32.6. The minimum Gasteiger partial charge on any atom is -0.384 e. The predicted octanol–water partition coefficient (Wildman–Crippen LogP) is 0.582. The highest BCUT2D eigenvalue weighted by Crippen LogP contribution is 2.29. The first kappa shape index (κ1) is 14.5. The summed E-state index contributed by atoms with van der Waals surface area (Å²) in [5.74, 6) is 5.26. The van der Waals surface area contributed by atoms with E-state index in [0.717, 1.165) is 12.8 Å². The van der Waals surface area contributed by atoms with Crippen LogP contribution in [0.15, 0.2) is 29.2 Å². The van der Waals surface area contributed by atoms with Crippen molar-refractivity contribution in [3.63, 3.8) is 0 Å². The number of hydrogen-bond donors (Lipinski definition) is 1. The summed E-state index contributed by atoms with van der Waals surface area (Å²) in [6, 6.07) is 6.53. The maximum absolute atomic E-state index is 12.7. The Hall–Kier alpha value is -1.39. The van der Waals surface area contributed by atoms with Crippen LogP contribution in [0.4, 0.5) is 0 Å². The molecular weight excluding hydrogens is 290 g/mol. The number of benzene rings is 1. The summed E-state index contributed by atoms with van der Waals surface area (Å²) in [6.45, 7) is 0.598. The number of aliphatic hydroxyl groups is 1. The van der Waals surface area contributed by atoms with Gasteiger partial charge in [-0.3, -0.25) is 0 Å². The molecule has 5 nitrogen and oxygen atoms in total. The van der Waals surface area contributed by atoms with Crippen LogP contribution in [0.1, 0.15) is 18.4 Å². The molecule has 0 amide bonds. The summed E-state index contributed by atoms with van der Waals surface area (Å²) in [6.07, 6.45) is 1.91. The molecule has 2 heterocycles. The minimum atomic E-state index is -3.51. The fraction of sp³-hybridized carbons (Fsp3) is 0.467. The Morgan fingerprint density at radius 1 is 1.29 bits per heavy atom. The lowest BCUT2D eigenvalue weighted by Crippen LogP contribution is -2.45. The molecule has 2 unspecified atom stereocenters. The Morgan fingerprint density at radius 3 is 2.67 bits per heavy atom. The van der Waals surface area contributed by atoms with Crippen LogP contribution in [0.3, 0.4) is 0 Å². The first-order valence-corrected chi connectivity index (χ1v) is 8.39. The zero-order chi connectivity index (χ0) is 14.9. The Balaban J connectivity index is 1.88. The maximum Gasteiger partial charge on any atom is 0.243 e. The lowest BCUT2D eigenvalue weighted by atomic mass is 10.2. The van der Waals surface area contributed by atoms with Gasteiger partial charge in [0, 0.05) is 18.7 Å². The van der Waals surface area contributed by atoms with Crippen LogP contribution in [0.2, 0.25) is 0 Å². The van der Waals surface area contributed by atoms with Gasteiger partial charge in [-0.25, -0.2) is 8.42 Å². The van der Waals surface area contributed by atoms with Gasteiger partial charge in [0.2, 0.25) is 10.0 Å². The van der Waals surface area contributed by atoms with Gasteiger partial charge in [-0.2, -0.15) is 4.31 Å². The van der Waals surface area contributed by atoms with E-state index in [-0.39, 0.29) is 23.7 Å². The van der Waals surface area contributed by atoms with E-state index >= 15 is 0 Å². The third kappa shape index (κ3) is 2.97. The van der Waals surface area contributed by atoms with Crippen molar-refractivity contribution < 1.29 is 18.3 Å². The van der Waals surface area contributed by atoms with Crippen LogP contribution >= 0.6 is 0 Å². The molecule has 0 aromatic heterocycles. The largest absolute Gasteiger partial charge is 0.384 e. The van der Waals surface area contributed by atoms with Gasteiger partial charge in [-0.05, 0) is 31.0 Å². The number of sulfonamides is 1. The van der Waals surface area contributed by atoms with E-state index in [1.54, 1.807) is 24.3 Å². The second kappa shape index (κ2) is 5.78. The van der Waals surface area contributed by atoms with Crippen molar-refractivity contribution in [1.29, 1.82) is 0 Å². The van der Waals surface area contributed by atoms with E-state index in [2.05, 4.69) is 11.8 Å². The molecule has 2 saturated heterocycles. The second-order valence-electron chi connectivity index (χ2n) is 5.27. The van der Waals surface area contributed by atoms with Crippen LogP contribution in [0.5, 0.6) is 0 Å². The van der Waals surface area contributed by atoms with Gasteiger partial charge in [0.15, 0.2) is 0 Å². The number of fused-ring (bicyclic) bond motifs is 2. The topological polar surface area (TPSA) is 66.8 Å². The van der Waals surface area contributed by atoms with Gasteiger partial charge in [0.25, 0.3) is 0 Å². The van der Waals surface area contributed by atoms with Crippen LogP contribution in [0.25, 0.3) is 0 Å². The van der Waals surface area contributed by atoms with Crippen LogP contribution in [0, 0.1) is 11.8 Å². The molecule has 2 aliphatic rings. The highest BCUT2D eigenvalue weighted by molar-refractivity contribution is 7.89. The summed E-state index contributed by atoms with van der Waals surface area (Å²) >= 11 is 0. The number of aliphatic hydroxyl groups excluding tert-OH is 1. The maximum atomic E-state index is 12.7. The van der Waals surface area contributed by atoms with Crippen molar-refractivity contribution in [3.8, 4) is 11.8 Å². The van der Waals surface area contributed by atoms with Crippen LogP contribution in [-0.4, -0.2) is 49.7 Å². The Labute approximate surface area is 124 Å². The molecule has 2 aliphatic heterocycles. The number of nitrogens with zero attached hydrogens (tertiary/aromatic N) is 1. The van der Waals surface area contributed by atoms with Crippen molar-refractivity contribution in [2.24, 2.45) is 0 Å². The lowest BCUT2D eigenvalue weighted by Gasteiger charge is -2.31. The average molecular weight is 307 g/mol. The normalized spacial score (nSPS) is 25.4. The van der Waals surface area contributed by atoms with E-state index in [1.165, 1.54) is 4.31 Å². The highest BCUT2D eigenvalue weighted by atomic mass is 32.2. The summed E-state index contributed by atoms with van der Waals surface area (Å²) in [7, 11) is -3.51. The molecule has 0 saturated carbocycles. The molecule has 0 aliphatic carbocycles. The predicted molar refractivity (Wildman–Crippen MR) is 77.1 cm³/mol. The van der Waals surface area contributed by atoms with Gasteiger partial charge in [-0.15, -0.1) is 0 Å². The molecule has 6 heteroatoms. The Morgan fingerprint density at radius 2 is 2.00 bits per heavy atom. The third-order valence-corrected chi connectivity index (χ3v) is 5.62. The van der Waals surface area contributed by atoms with Crippen molar-refractivity contribution in [2.75, 3.05) is 19.7 Å². The second-order valence-corrected chi connectivity index (χ2v) is 7.21. The first-order chi connectivity index (χ1) is 10.1.